The number of rotatable bonds is 5. The third-order valence-electron chi connectivity index (χ3n) is 3.97. The molecule has 1 atom stereocenters. The molecule has 0 saturated heterocycles. The van der Waals surface area contributed by atoms with Crippen molar-refractivity contribution in [2.24, 2.45) is 0 Å². The van der Waals surface area contributed by atoms with Crippen LogP contribution in [-0.4, -0.2) is 24.6 Å². The third-order valence-corrected chi connectivity index (χ3v) is 3.97. The quantitative estimate of drug-likeness (QED) is 0.856. The van der Waals surface area contributed by atoms with Gasteiger partial charge in [-0.1, -0.05) is 30.3 Å². The van der Waals surface area contributed by atoms with E-state index in [2.05, 4.69) is 5.32 Å². The lowest BCUT2D eigenvalue weighted by Crippen LogP contribution is -2.49. The molecule has 24 heavy (non-hydrogen) atoms. The summed E-state index contributed by atoms with van der Waals surface area (Å²) in [7, 11) is 0. The smallest absolute Gasteiger partial charge is 0.305 e. The van der Waals surface area contributed by atoms with Crippen molar-refractivity contribution in [1.29, 1.82) is 0 Å². The van der Waals surface area contributed by atoms with Gasteiger partial charge in [0.05, 0.1) is 12.2 Å². The Balaban J connectivity index is 1.89. The van der Waals surface area contributed by atoms with Crippen LogP contribution in [0.25, 0.3) is 0 Å². The zero-order valence-corrected chi connectivity index (χ0v) is 13.6. The number of fused-ring (bicyclic) bond motifs is 1. The van der Waals surface area contributed by atoms with Gasteiger partial charge in [0.15, 0.2) is 0 Å². The van der Waals surface area contributed by atoms with Gasteiger partial charge in [0.1, 0.15) is 6.17 Å². The highest BCUT2D eigenvalue weighted by Gasteiger charge is 2.33. The molecule has 0 spiro atoms. The average molecular weight is 324 g/mol. The maximum Gasteiger partial charge on any atom is 0.305 e. The molecule has 3 rings (SSSR count). The van der Waals surface area contributed by atoms with Crippen LogP contribution in [0.5, 0.6) is 0 Å². The number of benzene rings is 2. The van der Waals surface area contributed by atoms with Crippen molar-refractivity contribution in [3.05, 3.63) is 60.2 Å². The van der Waals surface area contributed by atoms with Gasteiger partial charge in [0.25, 0.3) is 5.91 Å². The number of para-hydroxylation sites is 2. The third kappa shape index (κ3) is 3.25. The van der Waals surface area contributed by atoms with E-state index in [9.17, 15) is 9.59 Å². The standard InChI is InChI=1S/C19H20N2O3/c1-2-24-18(22)13-12-17-20-16-11-7-6-10-15(16)19(23)21(17)14-8-4-3-5-9-14/h3-11,17,20H,2,12-13H2,1H3. The highest BCUT2D eigenvalue weighted by atomic mass is 16.5. The summed E-state index contributed by atoms with van der Waals surface area (Å²) in [5, 5.41) is 3.37. The Morgan fingerprint density at radius 3 is 2.58 bits per heavy atom. The minimum Gasteiger partial charge on any atom is -0.466 e. The second-order valence-corrected chi connectivity index (χ2v) is 5.56. The summed E-state index contributed by atoms with van der Waals surface area (Å²) in [5.74, 6) is -0.317. The molecule has 2 aromatic carbocycles. The number of amides is 1. The molecule has 0 aromatic heterocycles. The van der Waals surface area contributed by atoms with E-state index < -0.39 is 0 Å². The van der Waals surface area contributed by atoms with Crippen molar-refractivity contribution in [2.45, 2.75) is 25.9 Å². The number of carbonyl (C=O) groups excluding carboxylic acids is 2. The van der Waals surface area contributed by atoms with Gasteiger partial charge >= 0.3 is 5.97 Å². The second-order valence-electron chi connectivity index (χ2n) is 5.56. The zero-order chi connectivity index (χ0) is 16.9. The summed E-state index contributed by atoms with van der Waals surface area (Å²) in [6.07, 6.45) is 0.442. The molecule has 1 unspecified atom stereocenters. The predicted octanol–water partition coefficient (Wildman–Crippen LogP) is 3.43. The molecule has 1 N–H and O–H groups in total. The van der Waals surface area contributed by atoms with Crippen LogP contribution in [0.15, 0.2) is 54.6 Å². The van der Waals surface area contributed by atoms with E-state index >= 15 is 0 Å². The van der Waals surface area contributed by atoms with Gasteiger partial charge in [-0.25, -0.2) is 0 Å². The van der Waals surface area contributed by atoms with Crippen LogP contribution in [0.1, 0.15) is 30.1 Å². The van der Waals surface area contributed by atoms with Gasteiger partial charge in [-0.05, 0) is 37.6 Å². The molecule has 0 bridgehead atoms. The minimum absolute atomic E-state index is 0.0654. The summed E-state index contributed by atoms with van der Waals surface area (Å²) in [4.78, 5) is 26.4. The Kier molecular flexibility index (Phi) is 4.79. The molecule has 0 radical (unpaired) electrons. The summed E-state index contributed by atoms with van der Waals surface area (Å²) in [6, 6.07) is 16.9. The van der Waals surface area contributed by atoms with Gasteiger partial charge in [0.2, 0.25) is 0 Å². The maximum absolute atomic E-state index is 13.0. The van der Waals surface area contributed by atoms with Crippen LogP contribution in [-0.2, 0) is 9.53 Å². The van der Waals surface area contributed by atoms with Crippen LogP contribution in [0.3, 0.4) is 0 Å². The molecule has 2 aromatic rings. The van der Waals surface area contributed by atoms with E-state index in [0.717, 1.165) is 11.4 Å². The lowest BCUT2D eigenvalue weighted by molar-refractivity contribution is -0.143. The number of nitrogens with zero attached hydrogens (tertiary/aromatic N) is 1. The summed E-state index contributed by atoms with van der Waals surface area (Å²) in [5.41, 5.74) is 2.23. The Bertz CT molecular complexity index is 730. The number of ether oxygens (including phenoxy) is 1. The molecule has 0 saturated carbocycles. The first-order valence-corrected chi connectivity index (χ1v) is 8.10. The maximum atomic E-state index is 13.0. The fourth-order valence-electron chi connectivity index (χ4n) is 2.89. The van der Waals surface area contributed by atoms with E-state index in [1.165, 1.54) is 0 Å². The molecule has 0 aliphatic carbocycles. The van der Waals surface area contributed by atoms with E-state index in [1.807, 2.05) is 54.6 Å². The average Bonchev–Trinajstić information content (AvgIpc) is 2.61. The Labute approximate surface area is 141 Å². The van der Waals surface area contributed by atoms with Crippen molar-refractivity contribution in [3.63, 3.8) is 0 Å². The highest BCUT2D eigenvalue weighted by molar-refractivity contribution is 6.12. The molecule has 0 fully saturated rings. The first-order chi connectivity index (χ1) is 11.7. The second kappa shape index (κ2) is 7.17. The molecule has 5 heteroatoms. The van der Waals surface area contributed by atoms with Crippen LogP contribution in [0.4, 0.5) is 11.4 Å². The molecule has 1 amide bonds. The Morgan fingerprint density at radius 2 is 1.83 bits per heavy atom. The summed E-state index contributed by atoms with van der Waals surface area (Å²) < 4.78 is 5.00. The molecule has 1 aliphatic rings. The van der Waals surface area contributed by atoms with Crippen LogP contribution >= 0.6 is 0 Å². The first-order valence-electron chi connectivity index (χ1n) is 8.10. The van der Waals surface area contributed by atoms with Crippen molar-refractivity contribution < 1.29 is 14.3 Å². The largest absolute Gasteiger partial charge is 0.466 e. The van der Waals surface area contributed by atoms with E-state index in [1.54, 1.807) is 11.8 Å². The van der Waals surface area contributed by atoms with Gasteiger partial charge < -0.3 is 10.1 Å². The monoisotopic (exact) mass is 324 g/mol. The molecular formula is C19H20N2O3. The van der Waals surface area contributed by atoms with Crippen LogP contribution < -0.4 is 10.2 Å². The number of anilines is 2. The van der Waals surface area contributed by atoms with Crippen molar-refractivity contribution in [1.82, 2.24) is 0 Å². The number of esters is 1. The molecule has 1 aliphatic heterocycles. The fourth-order valence-corrected chi connectivity index (χ4v) is 2.89. The van der Waals surface area contributed by atoms with E-state index in [4.69, 9.17) is 4.74 Å². The Hall–Kier alpha value is -2.82. The topological polar surface area (TPSA) is 58.6 Å². The van der Waals surface area contributed by atoms with E-state index in [0.29, 0.717) is 18.6 Å². The van der Waals surface area contributed by atoms with Gasteiger partial charge in [-0.2, -0.15) is 0 Å². The lowest BCUT2D eigenvalue weighted by atomic mass is 10.0. The molecular weight excluding hydrogens is 304 g/mol. The molecule has 1 heterocycles. The highest BCUT2D eigenvalue weighted by Crippen LogP contribution is 2.30. The van der Waals surface area contributed by atoms with E-state index in [-0.39, 0.29) is 24.5 Å². The lowest BCUT2D eigenvalue weighted by Gasteiger charge is -2.37. The van der Waals surface area contributed by atoms with Gasteiger partial charge in [-0.15, -0.1) is 0 Å². The van der Waals surface area contributed by atoms with Crippen LogP contribution in [0, 0.1) is 0 Å². The number of nitrogens with one attached hydrogen (secondary N) is 1. The summed E-state index contributed by atoms with van der Waals surface area (Å²) >= 11 is 0. The van der Waals surface area contributed by atoms with Gasteiger partial charge in [0, 0.05) is 17.8 Å². The minimum atomic E-state index is -0.292. The molecule has 124 valence electrons. The first kappa shape index (κ1) is 16.1. The number of hydrogen-bond acceptors (Lipinski definition) is 4. The number of carbonyl (C=O) groups is 2. The van der Waals surface area contributed by atoms with Crippen molar-refractivity contribution >= 4 is 23.3 Å². The normalized spacial score (nSPS) is 16.3. The zero-order valence-electron chi connectivity index (χ0n) is 13.6. The fraction of sp³-hybridized carbons (Fsp3) is 0.263. The predicted molar refractivity (Wildman–Crippen MR) is 93.0 cm³/mol. The van der Waals surface area contributed by atoms with Crippen LogP contribution in [0.2, 0.25) is 0 Å². The number of hydrogen-bond donors (Lipinski definition) is 1. The molecule has 5 nitrogen and oxygen atoms in total. The SMILES string of the molecule is CCOC(=O)CCC1Nc2ccccc2C(=O)N1c1ccccc1. The van der Waals surface area contributed by atoms with Crippen molar-refractivity contribution in [3.8, 4) is 0 Å². The summed E-state index contributed by atoms with van der Waals surface area (Å²) in [6.45, 7) is 2.15. The van der Waals surface area contributed by atoms with Gasteiger partial charge in [-0.3, -0.25) is 14.5 Å². The Morgan fingerprint density at radius 1 is 1.12 bits per heavy atom. The van der Waals surface area contributed by atoms with Crippen molar-refractivity contribution in [2.75, 3.05) is 16.8 Å².